The zero-order chi connectivity index (χ0) is 22.5. The van der Waals surface area contributed by atoms with Gasteiger partial charge in [0, 0.05) is 17.8 Å². The minimum Gasteiger partial charge on any atom is -0.493 e. The Balaban J connectivity index is 1.39. The van der Waals surface area contributed by atoms with Crippen LogP contribution in [0.15, 0.2) is 47.1 Å². The number of furan rings is 1. The van der Waals surface area contributed by atoms with Crippen LogP contribution in [-0.4, -0.2) is 56.3 Å². The topological polar surface area (TPSA) is 99.5 Å². The van der Waals surface area contributed by atoms with Crippen LogP contribution in [0.1, 0.15) is 5.76 Å². The second kappa shape index (κ2) is 7.59. The van der Waals surface area contributed by atoms with Crippen molar-refractivity contribution < 1.29 is 33.0 Å². The zero-order valence-corrected chi connectivity index (χ0v) is 18.0. The summed E-state index contributed by atoms with van der Waals surface area (Å²) in [5, 5.41) is 2.90. The van der Waals surface area contributed by atoms with Gasteiger partial charge in [0.1, 0.15) is 11.4 Å². The summed E-state index contributed by atoms with van der Waals surface area (Å²) >= 11 is 0. The Kier molecular flexibility index (Phi) is 4.85. The van der Waals surface area contributed by atoms with Crippen LogP contribution in [0.4, 0.5) is 5.69 Å². The normalized spacial score (nSPS) is 27.5. The number of nitrogens with zero attached hydrogens (tertiary/aromatic N) is 1. The Morgan fingerprint density at radius 3 is 2.59 bits per heavy atom. The van der Waals surface area contributed by atoms with Crippen molar-refractivity contribution in [3.8, 4) is 17.2 Å². The van der Waals surface area contributed by atoms with Crippen LogP contribution in [0.5, 0.6) is 17.2 Å². The SMILES string of the molecule is COc1cc(NC(=O)C2C3C=CC4(CN(Cc5ccco5)C(=O)C24)O3)cc(OC)c1OC. The summed E-state index contributed by atoms with van der Waals surface area (Å²) in [6.45, 7) is 0.728. The molecule has 2 amide bonds. The summed E-state index contributed by atoms with van der Waals surface area (Å²) in [6.07, 6.45) is 4.92. The molecular formula is C23H24N2O7. The second-order valence-corrected chi connectivity index (χ2v) is 8.08. The molecule has 0 saturated carbocycles. The molecule has 2 bridgehead atoms. The van der Waals surface area contributed by atoms with Crippen molar-refractivity contribution in [2.75, 3.05) is 33.2 Å². The number of hydrogen-bond acceptors (Lipinski definition) is 7. The van der Waals surface area contributed by atoms with Crippen molar-refractivity contribution >= 4 is 17.5 Å². The summed E-state index contributed by atoms with van der Waals surface area (Å²) in [4.78, 5) is 28.3. The van der Waals surface area contributed by atoms with Crippen molar-refractivity contribution in [1.29, 1.82) is 0 Å². The van der Waals surface area contributed by atoms with Crippen LogP contribution < -0.4 is 19.5 Å². The van der Waals surface area contributed by atoms with E-state index in [1.807, 2.05) is 18.2 Å². The highest BCUT2D eigenvalue weighted by molar-refractivity contribution is 5.99. The van der Waals surface area contributed by atoms with E-state index in [2.05, 4.69) is 5.32 Å². The first-order valence-corrected chi connectivity index (χ1v) is 10.3. The molecule has 1 N–H and O–H groups in total. The third kappa shape index (κ3) is 3.03. The van der Waals surface area contributed by atoms with Gasteiger partial charge in [-0.3, -0.25) is 9.59 Å². The number of ether oxygens (including phenoxy) is 4. The number of anilines is 1. The van der Waals surface area contributed by atoms with E-state index in [0.29, 0.717) is 41.8 Å². The molecule has 32 heavy (non-hydrogen) atoms. The van der Waals surface area contributed by atoms with Crippen molar-refractivity contribution in [3.63, 3.8) is 0 Å². The van der Waals surface area contributed by atoms with E-state index in [9.17, 15) is 9.59 Å². The van der Waals surface area contributed by atoms with Crippen LogP contribution in [0.25, 0.3) is 0 Å². The van der Waals surface area contributed by atoms with Gasteiger partial charge in [0.05, 0.1) is 58.6 Å². The third-order valence-electron chi connectivity index (χ3n) is 6.34. The summed E-state index contributed by atoms with van der Waals surface area (Å²) in [5.41, 5.74) is -0.311. The van der Waals surface area contributed by atoms with E-state index in [1.54, 1.807) is 29.4 Å². The van der Waals surface area contributed by atoms with Crippen LogP contribution in [-0.2, 0) is 20.9 Å². The Bertz CT molecular complexity index is 1060. The highest BCUT2D eigenvalue weighted by Crippen LogP contribution is 2.52. The number of carbonyl (C=O) groups is 2. The summed E-state index contributed by atoms with van der Waals surface area (Å²) in [5.74, 6) is 0.313. The minimum absolute atomic E-state index is 0.113. The molecule has 4 unspecified atom stereocenters. The third-order valence-corrected chi connectivity index (χ3v) is 6.34. The summed E-state index contributed by atoms with van der Waals surface area (Å²) < 4.78 is 27.6. The molecule has 0 aliphatic carbocycles. The minimum atomic E-state index is -0.786. The average Bonchev–Trinajstić information content (AvgIpc) is 3.56. The number of amides is 2. The highest BCUT2D eigenvalue weighted by atomic mass is 16.5. The number of carbonyl (C=O) groups excluding carboxylic acids is 2. The van der Waals surface area contributed by atoms with Gasteiger partial charge in [0.15, 0.2) is 11.5 Å². The van der Waals surface area contributed by atoms with Gasteiger partial charge in [-0.05, 0) is 12.1 Å². The quantitative estimate of drug-likeness (QED) is 0.659. The Hall–Kier alpha value is -3.46. The van der Waals surface area contributed by atoms with Gasteiger partial charge in [0.25, 0.3) is 0 Å². The lowest BCUT2D eigenvalue weighted by Gasteiger charge is -2.23. The molecule has 9 nitrogen and oxygen atoms in total. The fourth-order valence-electron chi connectivity index (χ4n) is 4.98. The molecular weight excluding hydrogens is 416 g/mol. The largest absolute Gasteiger partial charge is 0.493 e. The van der Waals surface area contributed by atoms with Gasteiger partial charge in [-0.15, -0.1) is 0 Å². The van der Waals surface area contributed by atoms with Gasteiger partial charge >= 0.3 is 0 Å². The van der Waals surface area contributed by atoms with Gasteiger partial charge < -0.3 is 33.6 Å². The van der Waals surface area contributed by atoms with E-state index in [-0.39, 0.29) is 11.8 Å². The molecule has 1 spiro atoms. The van der Waals surface area contributed by atoms with Crippen molar-refractivity contribution in [2.45, 2.75) is 18.2 Å². The highest BCUT2D eigenvalue weighted by Gasteiger charge is 2.66. The fourth-order valence-corrected chi connectivity index (χ4v) is 4.98. The number of likely N-dealkylation sites (tertiary alicyclic amines) is 1. The van der Waals surface area contributed by atoms with E-state index < -0.39 is 23.5 Å². The molecule has 1 aromatic heterocycles. The monoisotopic (exact) mass is 440 g/mol. The molecule has 168 valence electrons. The Morgan fingerprint density at radius 2 is 1.97 bits per heavy atom. The molecule has 4 atom stereocenters. The van der Waals surface area contributed by atoms with Crippen LogP contribution in [0, 0.1) is 11.8 Å². The van der Waals surface area contributed by atoms with Gasteiger partial charge in [-0.25, -0.2) is 0 Å². The van der Waals surface area contributed by atoms with Gasteiger partial charge in [-0.1, -0.05) is 12.2 Å². The smallest absolute Gasteiger partial charge is 0.231 e. The molecule has 1 aromatic carbocycles. The van der Waals surface area contributed by atoms with E-state index >= 15 is 0 Å². The number of fused-ring (bicyclic) bond motifs is 1. The van der Waals surface area contributed by atoms with Crippen molar-refractivity contribution in [3.05, 3.63) is 48.4 Å². The van der Waals surface area contributed by atoms with Crippen LogP contribution >= 0.6 is 0 Å². The fraction of sp³-hybridized carbons (Fsp3) is 0.391. The number of rotatable bonds is 7. The maximum absolute atomic E-state index is 13.3. The zero-order valence-electron chi connectivity index (χ0n) is 18.0. The number of hydrogen-bond donors (Lipinski definition) is 1. The first-order valence-electron chi connectivity index (χ1n) is 10.3. The number of methoxy groups -OCH3 is 3. The molecule has 0 radical (unpaired) electrons. The van der Waals surface area contributed by atoms with Crippen molar-refractivity contribution in [1.82, 2.24) is 4.90 Å². The maximum Gasteiger partial charge on any atom is 0.231 e. The van der Waals surface area contributed by atoms with Gasteiger partial charge in [0.2, 0.25) is 17.6 Å². The first kappa shape index (κ1) is 20.4. The lowest BCUT2D eigenvalue weighted by Crippen LogP contribution is -2.41. The second-order valence-electron chi connectivity index (χ2n) is 8.08. The lowest BCUT2D eigenvalue weighted by molar-refractivity contribution is -0.136. The number of nitrogens with one attached hydrogen (secondary N) is 1. The summed E-state index contributed by atoms with van der Waals surface area (Å²) in [6, 6.07) is 6.91. The lowest BCUT2D eigenvalue weighted by atomic mass is 9.77. The molecule has 3 aliphatic heterocycles. The van der Waals surface area contributed by atoms with Crippen molar-refractivity contribution in [2.24, 2.45) is 11.8 Å². The van der Waals surface area contributed by atoms with E-state index in [4.69, 9.17) is 23.4 Å². The predicted molar refractivity (Wildman–Crippen MR) is 113 cm³/mol. The Morgan fingerprint density at radius 1 is 1.22 bits per heavy atom. The molecule has 3 aliphatic rings. The first-order chi connectivity index (χ1) is 15.5. The molecule has 4 heterocycles. The molecule has 2 saturated heterocycles. The maximum atomic E-state index is 13.3. The van der Waals surface area contributed by atoms with Gasteiger partial charge in [-0.2, -0.15) is 0 Å². The molecule has 2 aromatic rings. The van der Waals surface area contributed by atoms with Crippen LogP contribution in [0.2, 0.25) is 0 Å². The molecule has 5 rings (SSSR count). The van der Waals surface area contributed by atoms with E-state index in [0.717, 1.165) is 0 Å². The van der Waals surface area contributed by atoms with E-state index in [1.165, 1.54) is 21.3 Å². The average molecular weight is 440 g/mol. The Labute approximate surface area is 184 Å². The van der Waals surface area contributed by atoms with Crippen LogP contribution in [0.3, 0.4) is 0 Å². The predicted octanol–water partition coefficient (Wildman–Crippen LogP) is 2.23. The summed E-state index contributed by atoms with van der Waals surface area (Å²) in [7, 11) is 4.52. The molecule has 2 fully saturated rings. The standard InChI is InChI=1S/C23H24N2O7/c1-28-16-9-13(10-17(29-2)20(16)30-3)24-21(26)18-15-6-7-23(32-15)12-25(22(27)19(18)23)11-14-5-4-8-31-14/h4-10,15,18-19H,11-12H2,1-3H3,(H,24,26). The number of benzene rings is 1. The molecule has 9 heteroatoms.